The van der Waals surface area contributed by atoms with Crippen molar-refractivity contribution in [1.29, 1.82) is 0 Å². The zero-order chi connectivity index (χ0) is 13.9. The van der Waals surface area contributed by atoms with E-state index in [2.05, 4.69) is 18.0 Å². The quantitative estimate of drug-likeness (QED) is 0.860. The Labute approximate surface area is 122 Å². The Kier molecular flexibility index (Phi) is 4.25. The Balaban J connectivity index is 1.87. The van der Waals surface area contributed by atoms with Gasteiger partial charge in [-0.15, -0.1) is 0 Å². The second-order valence-electron chi connectivity index (χ2n) is 6.39. The van der Waals surface area contributed by atoms with E-state index in [1.807, 2.05) is 0 Å². The number of aryl methyl sites for hydroxylation is 2. The molecule has 2 aliphatic rings. The Hall–Kier alpha value is -1.09. The van der Waals surface area contributed by atoms with Crippen molar-refractivity contribution in [3.05, 3.63) is 22.9 Å². The van der Waals surface area contributed by atoms with E-state index in [1.54, 1.807) is 0 Å². The number of pyridine rings is 1. The molecular formula is C17H27N3. The molecule has 1 aromatic heterocycles. The lowest BCUT2D eigenvalue weighted by molar-refractivity contribution is 0.547. The minimum atomic E-state index is 0.604. The van der Waals surface area contributed by atoms with Crippen LogP contribution in [-0.4, -0.2) is 18.1 Å². The molecule has 0 aliphatic heterocycles. The van der Waals surface area contributed by atoms with Crippen LogP contribution in [0, 0.1) is 0 Å². The lowest BCUT2D eigenvalue weighted by Crippen LogP contribution is -2.33. The van der Waals surface area contributed by atoms with Crippen molar-refractivity contribution < 1.29 is 0 Å². The largest absolute Gasteiger partial charge is 0.356 e. The number of fused-ring (bicyclic) bond motifs is 1. The molecule has 0 atom stereocenters. The van der Waals surface area contributed by atoms with E-state index in [0.717, 1.165) is 12.2 Å². The molecule has 1 aromatic rings. The van der Waals surface area contributed by atoms with Crippen LogP contribution >= 0.6 is 0 Å². The molecule has 0 saturated heterocycles. The maximum atomic E-state index is 5.98. The summed E-state index contributed by atoms with van der Waals surface area (Å²) in [7, 11) is 2.22. The fourth-order valence-electron chi connectivity index (χ4n) is 3.78. The van der Waals surface area contributed by atoms with Crippen LogP contribution in [0.25, 0.3) is 0 Å². The molecule has 2 aliphatic carbocycles. The van der Waals surface area contributed by atoms with Crippen LogP contribution in [-0.2, 0) is 19.4 Å². The average Bonchev–Trinajstić information content (AvgIpc) is 2.76. The van der Waals surface area contributed by atoms with Crippen LogP contribution < -0.4 is 10.6 Å². The number of nitrogens with zero attached hydrogens (tertiary/aromatic N) is 2. The van der Waals surface area contributed by atoms with Gasteiger partial charge >= 0.3 is 0 Å². The highest BCUT2D eigenvalue weighted by molar-refractivity contribution is 5.51. The van der Waals surface area contributed by atoms with E-state index in [-0.39, 0.29) is 0 Å². The molecule has 1 saturated carbocycles. The van der Waals surface area contributed by atoms with Crippen LogP contribution in [0.5, 0.6) is 0 Å². The summed E-state index contributed by atoms with van der Waals surface area (Å²) in [6.45, 7) is 0.604. The summed E-state index contributed by atoms with van der Waals surface area (Å²) in [6.07, 6.45) is 11.7. The summed E-state index contributed by atoms with van der Waals surface area (Å²) >= 11 is 0. The molecule has 3 nitrogen and oxygen atoms in total. The number of hydrogen-bond acceptors (Lipinski definition) is 3. The number of nitrogens with two attached hydrogens (primary N) is 1. The number of hydrogen-bond donors (Lipinski definition) is 1. The first kappa shape index (κ1) is 13.9. The molecule has 3 rings (SSSR count). The summed E-state index contributed by atoms with van der Waals surface area (Å²) in [5.74, 6) is 1.15. The molecule has 0 aromatic carbocycles. The van der Waals surface area contributed by atoms with Gasteiger partial charge in [-0.2, -0.15) is 0 Å². The molecule has 0 radical (unpaired) electrons. The summed E-state index contributed by atoms with van der Waals surface area (Å²) in [5, 5.41) is 0. The number of aromatic nitrogens is 1. The minimum Gasteiger partial charge on any atom is -0.356 e. The first-order valence-electron chi connectivity index (χ1n) is 8.24. The van der Waals surface area contributed by atoms with Crippen molar-refractivity contribution in [3.8, 4) is 0 Å². The lowest BCUT2D eigenvalue weighted by Gasteiger charge is -2.30. The third-order valence-corrected chi connectivity index (χ3v) is 5.03. The van der Waals surface area contributed by atoms with Crippen LogP contribution in [0.2, 0.25) is 0 Å². The van der Waals surface area contributed by atoms with Crippen LogP contribution in [0.15, 0.2) is 6.07 Å². The molecule has 20 heavy (non-hydrogen) atoms. The van der Waals surface area contributed by atoms with Gasteiger partial charge in [-0.1, -0.05) is 25.7 Å². The third kappa shape index (κ3) is 2.69. The summed E-state index contributed by atoms with van der Waals surface area (Å²) in [6, 6.07) is 2.97. The van der Waals surface area contributed by atoms with Crippen LogP contribution in [0.1, 0.15) is 61.8 Å². The Morgan fingerprint density at radius 1 is 1.15 bits per heavy atom. The molecule has 2 N–H and O–H groups in total. The smallest absolute Gasteiger partial charge is 0.133 e. The molecule has 0 unspecified atom stereocenters. The maximum absolute atomic E-state index is 5.98. The highest BCUT2D eigenvalue weighted by Crippen LogP contribution is 2.30. The van der Waals surface area contributed by atoms with Crippen LogP contribution in [0.3, 0.4) is 0 Å². The maximum Gasteiger partial charge on any atom is 0.133 e. The van der Waals surface area contributed by atoms with Gasteiger partial charge in [0.1, 0.15) is 5.82 Å². The van der Waals surface area contributed by atoms with E-state index in [1.165, 1.54) is 68.2 Å². The molecule has 0 spiro atoms. The molecule has 0 amide bonds. The summed E-state index contributed by atoms with van der Waals surface area (Å²) in [5.41, 5.74) is 9.96. The third-order valence-electron chi connectivity index (χ3n) is 5.03. The lowest BCUT2D eigenvalue weighted by atomic mass is 10.1. The van der Waals surface area contributed by atoms with Gasteiger partial charge in [0.05, 0.1) is 0 Å². The summed E-state index contributed by atoms with van der Waals surface area (Å²) in [4.78, 5) is 7.40. The highest BCUT2D eigenvalue weighted by atomic mass is 15.2. The van der Waals surface area contributed by atoms with Gasteiger partial charge in [-0.3, -0.25) is 0 Å². The SMILES string of the molecule is CN(c1nc2c(cc1CN)CCC2)C1CCCCCC1. The predicted molar refractivity (Wildman–Crippen MR) is 84.0 cm³/mol. The average molecular weight is 273 g/mol. The molecule has 110 valence electrons. The minimum absolute atomic E-state index is 0.604. The Morgan fingerprint density at radius 3 is 2.60 bits per heavy atom. The van der Waals surface area contributed by atoms with E-state index in [9.17, 15) is 0 Å². The molecule has 3 heteroatoms. The molecule has 0 bridgehead atoms. The summed E-state index contributed by atoms with van der Waals surface area (Å²) < 4.78 is 0. The highest BCUT2D eigenvalue weighted by Gasteiger charge is 2.23. The topological polar surface area (TPSA) is 42.2 Å². The van der Waals surface area contributed by atoms with Crippen molar-refractivity contribution in [2.24, 2.45) is 5.73 Å². The van der Waals surface area contributed by atoms with E-state index in [0.29, 0.717) is 12.6 Å². The second kappa shape index (κ2) is 6.13. The van der Waals surface area contributed by atoms with Gasteiger partial charge in [-0.25, -0.2) is 4.98 Å². The Bertz CT molecular complexity index is 462. The normalized spacial score (nSPS) is 19.7. The van der Waals surface area contributed by atoms with Crippen molar-refractivity contribution in [2.75, 3.05) is 11.9 Å². The van der Waals surface area contributed by atoms with Gasteiger partial charge in [-0.05, 0) is 43.7 Å². The standard InChI is InChI=1S/C17H27N3/c1-20(15-8-4-2-3-5-9-15)17-14(12-18)11-13-7-6-10-16(13)19-17/h11,15H,2-10,12,18H2,1H3. The zero-order valence-corrected chi connectivity index (χ0v) is 12.7. The zero-order valence-electron chi connectivity index (χ0n) is 12.7. The van der Waals surface area contributed by atoms with Gasteiger partial charge in [0.25, 0.3) is 0 Å². The fourth-order valence-corrected chi connectivity index (χ4v) is 3.78. The van der Waals surface area contributed by atoms with Gasteiger partial charge in [0.15, 0.2) is 0 Å². The second-order valence-corrected chi connectivity index (χ2v) is 6.39. The first-order chi connectivity index (χ1) is 9.79. The Morgan fingerprint density at radius 2 is 1.90 bits per heavy atom. The van der Waals surface area contributed by atoms with E-state index < -0.39 is 0 Å². The van der Waals surface area contributed by atoms with Crippen molar-refractivity contribution in [2.45, 2.75) is 70.4 Å². The van der Waals surface area contributed by atoms with Crippen molar-refractivity contribution in [3.63, 3.8) is 0 Å². The van der Waals surface area contributed by atoms with Crippen molar-refractivity contribution in [1.82, 2.24) is 4.98 Å². The molecule has 1 heterocycles. The fraction of sp³-hybridized carbons (Fsp3) is 0.706. The van der Waals surface area contributed by atoms with Gasteiger partial charge in [0.2, 0.25) is 0 Å². The number of anilines is 1. The monoisotopic (exact) mass is 273 g/mol. The van der Waals surface area contributed by atoms with E-state index in [4.69, 9.17) is 10.7 Å². The van der Waals surface area contributed by atoms with Crippen molar-refractivity contribution >= 4 is 5.82 Å². The van der Waals surface area contributed by atoms with Crippen LogP contribution in [0.4, 0.5) is 5.82 Å². The van der Waals surface area contributed by atoms with E-state index >= 15 is 0 Å². The first-order valence-corrected chi connectivity index (χ1v) is 8.24. The van der Waals surface area contributed by atoms with Gasteiger partial charge < -0.3 is 10.6 Å². The number of rotatable bonds is 3. The molecule has 1 fully saturated rings. The predicted octanol–water partition coefficient (Wildman–Crippen LogP) is 3.19. The molecular weight excluding hydrogens is 246 g/mol. The van der Waals surface area contributed by atoms with Gasteiger partial charge in [0, 0.05) is 30.9 Å².